The summed E-state index contributed by atoms with van der Waals surface area (Å²) in [5, 5.41) is -1.17. The third-order valence-corrected chi connectivity index (χ3v) is 7.24. The van der Waals surface area contributed by atoms with Gasteiger partial charge >= 0.3 is 6.11 Å². The van der Waals surface area contributed by atoms with E-state index in [0.29, 0.717) is 29.8 Å². The summed E-state index contributed by atoms with van der Waals surface area (Å²) < 4.78 is 151. The van der Waals surface area contributed by atoms with E-state index in [1.807, 2.05) is 0 Å². The molecule has 0 bridgehead atoms. The van der Waals surface area contributed by atoms with Crippen molar-refractivity contribution in [2.75, 3.05) is 0 Å². The first-order valence-corrected chi connectivity index (χ1v) is 13.8. The van der Waals surface area contributed by atoms with Crippen LogP contribution in [0.3, 0.4) is 0 Å². The van der Waals surface area contributed by atoms with Crippen molar-refractivity contribution in [1.82, 2.24) is 0 Å². The molecule has 0 radical (unpaired) electrons. The van der Waals surface area contributed by atoms with Crippen molar-refractivity contribution in [1.29, 1.82) is 0 Å². The fourth-order valence-corrected chi connectivity index (χ4v) is 5.01. The summed E-state index contributed by atoms with van der Waals surface area (Å²) in [5.41, 5.74) is -3.33. The average molecular weight is 661 g/mol. The van der Waals surface area contributed by atoms with Crippen molar-refractivity contribution in [2.24, 2.45) is 0 Å². The molecule has 242 valence electrons. The van der Waals surface area contributed by atoms with Gasteiger partial charge < -0.3 is 4.74 Å². The second kappa shape index (κ2) is 12.0. The van der Waals surface area contributed by atoms with Gasteiger partial charge in [0, 0.05) is 17.2 Å². The van der Waals surface area contributed by atoms with Gasteiger partial charge in [-0.2, -0.15) is 8.78 Å². The van der Waals surface area contributed by atoms with Gasteiger partial charge in [-0.05, 0) is 76.9 Å². The number of aryl methyl sites for hydroxylation is 1. The Bertz CT molecular complexity index is 2110. The molecule has 5 aromatic rings. The summed E-state index contributed by atoms with van der Waals surface area (Å²) in [7, 11) is 0. The number of alkyl halides is 2. The molecule has 5 rings (SSSR count). The number of hydrogen-bond donors (Lipinski definition) is 0. The molecule has 0 N–H and O–H groups in total. The Morgan fingerprint density at radius 2 is 1.28 bits per heavy atom. The maximum Gasteiger partial charge on any atom is 0.432 e. The molecule has 0 saturated heterocycles. The molecular formula is C36H22F10O. The largest absolute Gasteiger partial charge is 0.432 e. The van der Waals surface area contributed by atoms with Crippen LogP contribution in [-0.2, 0) is 11.5 Å². The van der Waals surface area contributed by atoms with E-state index in [9.17, 15) is 30.7 Å². The summed E-state index contributed by atoms with van der Waals surface area (Å²) in [6.45, 7) is 6.32. The predicted molar refractivity (Wildman–Crippen MR) is 156 cm³/mol. The summed E-state index contributed by atoms with van der Waals surface area (Å²) >= 11 is 0. The van der Waals surface area contributed by atoms with Gasteiger partial charge in [-0.3, -0.25) is 0 Å². The van der Waals surface area contributed by atoms with Crippen LogP contribution in [0.1, 0.15) is 48.6 Å². The zero-order chi connectivity index (χ0) is 34.6. The molecule has 0 aliphatic carbocycles. The third kappa shape index (κ3) is 6.50. The van der Waals surface area contributed by atoms with Crippen molar-refractivity contribution in [3.8, 4) is 28.7 Å². The zero-order valence-corrected chi connectivity index (χ0v) is 25.0. The maximum absolute atomic E-state index is 15.4. The van der Waals surface area contributed by atoms with Crippen LogP contribution >= 0.6 is 0 Å². The minimum absolute atomic E-state index is 0.00218. The van der Waals surface area contributed by atoms with Crippen LogP contribution in [0.5, 0.6) is 5.75 Å². The van der Waals surface area contributed by atoms with Gasteiger partial charge in [0.1, 0.15) is 40.4 Å². The Kier molecular flexibility index (Phi) is 8.52. The van der Waals surface area contributed by atoms with Crippen LogP contribution in [0.15, 0.2) is 60.7 Å². The van der Waals surface area contributed by atoms with Crippen LogP contribution in [0.25, 0.3) is 21.9 Å². The lowest BCUT2D eigenvalue weighted by molar-refractivity contribution is -0.189. The molecule has 0 atom stereocenters. The fourth-order valence-electron chi connectivity index (χ4n) is 5.01. The van der Waals surface area contributed by atoms with Crippen LogP contribution in [-0.4, -0.2) is 0 Å². The highest BCUT2D eigenvalue weighted by atomic mass is 19.3. The standard InChI is InChI=1S/C36H22F10O/c1-17-5-7-22(25(37)9-17)19-12-28(40)32(29(41)13-19)36(45,46)47-21-15-24(35(2,3)4)23(26(38)16-21)8-6-18-10-20-14-30(42)33(43)34(44)31(20)27(39)11-18/h5,7,9-16H,1-4H3. The number of ether oxygens (including phenoxy) is 1. The molecule has 0 aromatic heterocycles. The molecule has 0 spiro atoms. The van der Waals surface area contributed by atoms with Crippen molar-refractivity contribution in [2.45, 2.75) is 39.2 Å². The van der Waals surface area contributed by atoms with E-state index in [1.54, 1.807) is 27.7 Å². The molecular weight excluding hydrogens is 638 g/mol. The monoisotopic (exact) mass is 660 g/mol. The second-order valence-corrected chi connectivity index (χ2v) is 11.8. The van der Waals surface area contributed by atoms with E-state index >= 15 is 13.2 Å². The van der Waals surface area contributed by atoms with Gasteiger partial charge in [0.25, 0.3) is 0 Å². The first-order valence-electron chi connectivity index (χ1n) is 13.8. The highest BCUT2D eigenvalue weighted by Gasteiger charge is 2.42. The van der Waals surface area contributed by atoms with Crippen LogP contribution < -0.4 is 4.74 Å². The minimum atomic E-state index is -4.67. The SMILES string of the molecule is Cc1ccc(-c2cc(F)c(C(F)(F)Oc3cc(F)c(C#Cc4cc(F)c5c(F)c(F)c(F)cc5c4)c(C(C)(C)C)c3)c(F)c2)c(F)c1. The Hall–Kier alpha value is -4.98. The van der Waals surface area contributed by atoms with E-state index < -0.39 is 74.8 Å². The van der Waals surface area contributed by atoms with Gasteiger partial charge in [0.15, 0.2) is 17.5 Å². The maximum atomic E-state index is 15.4. The molecule has 5 aromatic carbocycles. The minimum Gasteiger partial charge on any atom is -0.429 e. The zero-order valence-electron chi connectivity index (χ0n) is 25.0. The molecule has 47 heavy (non-hydrogen) atoms. The molecule has 1 nitrogen and oxygen atoms in total. The summed E-state index contributed by atoms with van der Waals surface area (Å²) in [6, 6.07) is 8.71. The fraction of sp³-hybridized carbons (Fsp3) is 0.167. The van der Waals surface area contributed by atoms with Gasteiger partial charge in [0.05, 0.1) is 10.9 Å². The van der Waals surface area contributed by atoms with E-state index in [0.717, 1.165) is 24.3 Å². The van der Waals surface area contributed by atoms with Crippen LogP contribution in [0.2, 0.25) is 0 Å². The number of halogens is 10. The molecule has 11 heteroatoms. The quantitative estimate of drug-likeness (QED) is 0.106. The van der Waals surface area contributed by atoms with Crippen molar-refractivity contribution in [3.63, 3.8) is 0 Å². The van der Waals surface area contributed by atoms with Crippen molar-refractivity contribution < 1.29 is 48.6 Å². The normalized spacial score (nSPS) is 11.9. The Morgan fingerprint density at radius 3 is 1.89 bits per heavy atom. The summed E-state index contributed by atoms with van der Waals surface area (Å²) in [5.74, 6) is -7.83. The lowest BCUT2D eigenvalue weighted by atomic mass is 9.83. The number of benzene rings is 5. The van der Waals surface area contributed by atoms with Gasteiger partial charge in [-0.25, -0.2) is 35.1 Å². The van der Waals surface area contributed by atoms with Gasteiger partial charge in [-0.15, -0.1) is 0 Å². The van der Waals surface area contributed by atoms with Crippen molar-refractivity contribution >= 4 is 10.8 Å². The number of hydrogen-bond acceptors (Lipinski definition) is 1. The second-order valence-electron chi connectivity index (χ2n) is 11.8. The first kappa shape index (κ1) is 33.4. The average Bonchev–Trinajstić information content (AvgIpc) is 2.93. The molecule has 0 fully saturated rings. The summed E-state index contributed by atoms with van der Waals surface area (Å²) in [4.78, 5) is 0. The first-order chi connectivity index (χ1) is 21.9. The number of fused-ring (bicyclic) bond motifs is 1. The molecule has 0 aliphatic heterocycles. The lowest BCUT2D eigenvalue weighted by Gasteiger charge is -2.24. The Balaban J connectivity index is 1.52. The predicted octanol–water partition coefficient (Wildman–Crippen LogP) is 10.8. The molecule has 0 unspecified atom stereocenters. The molecule has 0 amide bonds. The van der Waals surface area contributed by atoms with Crippen LogP contribution in [0.4, 0.5) is 43.9 Å². The van der Waals surface area contributed by atoms with E-state index in [4.69, 9.17) is 0 Å². The Morgan fingerprint density at radius 1 is 0.617 bits per heavy atom. The molecule has 0 heterocycles. The van der Waals surface area contributed by atoms with E-state index in [-0.39, 0.29) is 33.2 Å². The topological polar surface area (TPSA) is 9.23 Å². The highest BCUT2D eigenvalue weighted by Crippen LogP contribution is 2.40. The molecule has 0 aliphatic rings. The molecule has 0 saturated carbocycles. The van der Waals surface area contributed by atoms with Gasteiger partial charge in [0.2, 0.25) is 0 Å². The van der Waals surface area contributed by atoms with Gasteiger partial charge in [-0.1, -0.05) is 44.7 Å². The van der Waals surface area contributed by atoms with E-state index in [1.165, 1.54) is 12.1 Å². The Labute approximate surface area is 262 Å². The smallest absolute Gasteiger partial charge is 0.429 e. The summed E-state index contributed by atoms with van der Waals surface area (Å²) in [6.07, 6.45) is -4.67. The lowest BCUT2D eigenvalue weighted by Crippen LogP contribution is -2.26. The van der Waals surface area contributed by atoms with E-state index in [2.05, 4.69) is 16.6 Å². The number of rotatable bonds is 4. The van der Waals surface area contributed by atoms with Crippen molar-refractivity contribution in [3.05, 3.63) is 135 Å². The highest BCUT2D eigenvalue weighted by molar-refractivity contribution is 5.85. The van der Waals surface area contributed by atoms with Crippen LogP contribution in [0, 0.1) is 65.3 Å². The third-order valence-electron chi connectivity index (χ3n) is 7.24.